The van der Waals surface area contributed by atoms with E-state index in [1.807, 2.05) is 0 Å². The van der Waals surface area contributed by atoms with Gasteiger partial charge in [-0.1, -0.05) is 6.92 Å². The third-order valence-corrected chi connectivity index (χ3v) is 3.51. The molecule has 1 amide bonds. The number of halogens is 3. The van der Waals surface area contributed by atoms with E-state index in [1.165, 1.54) is 0 Å². The lowest BCUT2D eigenvalue weighted by molar-refractivity contribution is -0.187. The summed E-state index contributed by atoms with van der Waals surface area (Å²) in [6.45, 7) is 0.531. The van der Waals surface area contributed by atoms with Gasteiger partial charge in [0.15, 0.2) is 12.1 Å². The third-order valence-electron chi connectivity index (χ3n) is 3.51. The second-order valence-corrected chi connectivity index (χ2v) is 4.78. The maximum absolute atomic E-state index is 12.9. The van der Waals surface area contributed by atoms with Crippen LogP contribution in [-0.2, 0) is 11.2 Å². The topological polar surface area (TPSA) is 83.6 Å². The van der Waals surface area contributed by atoms with Gasteiger partial charge in [0.05, 0.1) is 11.8 Å². The summed E-state index contributed by atoms with van der Waals surface area (Å²) < 4.78 is 43.5. The van der Waals surface area contributed by atoms with Gasteiger partial charge in [-0.3, -0.25) is 9.59 Å². The highest BCUT2D eigenvalue weighted by molar-refractivity contribution is 5.94. The van der Waals surface area contributed by atoms with E-state index in [4.69, 9.17) is 9.52 Å². The van der Waals surface area contributed by atoms with Crippen molar-refractivity contribution < 1.29 is 32.3 Å². The first-order valence-corrected chi connectivity index (χ1v) is 6.26. The lowest BCUT2D eigenvalue weighted by Crippen LogP contribution is -2.34. The van der Waals surface area contributed by atoms with Crippen molar-refractivity contribution in [1.29, 1.82) is 0 Å². The maximum atomic E-state index is 12.9. The molecule has 0 aliphatic carbocycles. The summed E-state index contributed by atoms with van der Waals surface area (Å²) in [6.07, 6.45) is -3.27. The first-order valence-electron chi connectivity index (χ1n) is 6.26. The van der Waals surface area contributed by atoms with Gasteiger partial charge in [-0.2, -0.15) is 13.2 Å². The predicted octanol–water partition coefficient (Wildman–Crippen LogP) is 1.57. The lowest BCUT2D eigenvalue weighted by Gasteiger charge is -2.18. The smallest absolute Gasteiger partial charge is 0.394 e. The quantitative estimate of drug-likeness (QED) is 0.916. The fraction of sp³-hybridized carbons (Fsp3) is 0.583. The first kappa shape index (κ1) is 15.3. The van der Waals surface area contributed by atoms with Crippen LogP contribution < -0.4 is 0 Å². The molecule has 0 bridgehead atoms. The molecule has 1 aliphatic rings. The Kier molecular flexibility index (Phi) is 3.93. The van der Waals surface area contributed by atoms with Crippen molar-refractivity contribution in [3.05, 3.63) is 17.8 Å². The number of aryl methyl sites for hydroxylation is 1. The highest BCUT2D eigenvalue weighted by atomic mass is 19.4. The summed E-state index contributed by atoms with van der Waals surface area (Å²) in [4.78, 5) is 27.7. The van der Waals surface area contributed by atoms with Crippen LogP contribution in [0.2, 0.25) is 0 Å². The molecule has 1 aliphatic heterocycles. The number of nitrogens with zero attached hydrogens (tertiary/aromatic N) is 2. The molecule has 9 heteroatoms. The van der Waals surface area contributed by atoms with Crippen LogP contribution in [0.4, 0.5) is 13.2 Å². The van der Waals surface area contributed by atoms with Crippen molar-refractivity contribution in [3.8, 4) is 0 Å². The van der Waals surface area contributed by atoms with Gasteiger partial charge in [0.1, 0.15) is 5.76 Å². The summed E-state index contributed by atoms with van der Waals surface area (Å²) in [7, 11) is 0. The van der Waals surface area contributed by atoms with Crippen LogP contribution in [0.1, 0.15) is 23.2 Å². The lowest BCUT2D eigenvalue weighted by atomic mass is 9.96. The van der Waals surface area contributed by atoms with Crippen molar-refractivity contribution >= 4 is 11.9 Å². The van der Waals surface area contributed by atoms with E-state index in [0.29, 0.717) is 6.42 Å². The molecule has 2 heterocycles. The minimum atomic E-state index is -4.67. The summed E-state index contributed by atoms with van der Waals surface area (Å²) in [6, 6.07) is 0. The molecule has 1 fully saturated rings. The van der Waals surface area contributed by atoms with Crippen LogP contribution in [0.5, 0.6) is 0 Å². The van der Waals surface area contributed by atoms with Gasteiger partial charge in [-0.25, -0.2) is 4.98 Å². The van der Waals surface area contributed by atoms with Gasteiger partial charge >= 0.3 is 12.1 Å². The minimum absolute atomic E-state index is 0.0653. The number of aromatic nitrogens is 1. The summed E-state index contributed by atoms with van der Waals surface area (Å²) in [5.41, 5.74) is -0.0653. The maximum Gasteiger partial charge on any atom is 0.394 e. The molecule has 1 aromatic rings. The van der Waals surface area contributed by atoms with Crippen molar-refractivity contribution in [2.45, 2.75) is 19.5 Å². The molecule has 0 radical (unpaired) electrons. The average Bonchev–Trinajstić information content (AvgIpc) is 3.03. The normalized spacial score (nSPS) is 22.6. The van der Waals surface area contributed by atoms with Crippen molar-refractivity contribution in [1.82, 2.24) is 9.88 Å². The van der Waals surface area contributed by atoms with E-state index in [-0.39, 0.29) is 11.5 Å². The number of oxazole rings is 1. The van der Waals surface area contributed by atoms with Crippen LogP contribution in [0.3, 0.4) is 0 Å². The molecule has 21 heavy (non-hydrogen) atoms. The fourth-order valence-corrected chi connectivity index (χ4v) is 2.40. The zero-order valence-electron chi connectivity index (χ0n) is 11.1. The van der Waals surface area contributed by atoms with Gasteiger partial charge in [0.2, 0.25) is 0 Å². The van der Waals surface area contributed by atoms with E-state index in [1.54, 1.807) is 6.92 Å². The van der Waals surface area contributed by atoms with Gasteiger partial charge < -0.3 is 14.4 Å². The summed E-state index contributed by atoms with van der Waals surface area (Å²) >= 11 is 0. The van der Waals surface area contributed by atoms with Gasteiger partial charge in [0, 0.05) is 19.5 Å². The monoisotopic (exact) mass is 306 g/mol. The van der Waals surface area contributed by atoms with Crippen LogP contribution in [-0.4, -0.2) is 46.1 Å². The van der Waals surface area contributed by atoms with Gasteiger partial charge in [-0.15, -0.1) is 0 Å². The Morgan fingerprint density at radius 2 is 2.14 bits per heavy atom. The molecule has 2 atom stereocenters. The predicted molar refractivity (Wildman–Crippen MR) is 62.5 cm³/mol. The number of hydrogen-bond acceptors (Lipinski definition) is 4. The zero-order chi connectivity index (χ0) is 15.8. The molecule has 1 N–H and O–H groups in total. The van der Waals surface area contributed by atoms with Gasteiger partial charge in [-0.05, 0) is 0 Å². The Hall–Kier alpha value is -2.06. The second kappa shape index (κ2) is 5.38. The number of likely N-dealkylation sites (tertiary alicyclic amines) is 1. The first-order chi connectivity index (χ1) is 9.75. The third kappa shape index (κ3) is 2.86. The molecular formula is C12H13F3N2O4. The number of carbonyl (C=O) groups excluding carboxylic acids is 1. The molecule has 6 nitrogen and oxygen atoms in total. The van der Waals surface area contributed by atoms with E-state index in [9.17, 15) is 22.8 Å². The number of amides is 1. The SMILES string of the molecule is CCc1ocnc1C(=O)N1C[C@@H](C(F)(F)F)[C@H](C(=O)O)C1. The molecule has 1 saturated heterocycles. The molecule has 0 aromatic carbocycles. The van der Waals surface area contributed by atoms with Crippen molar-refractivity contribution in [2.75, 3.05) is 13.1 Å². The highest BCUT2D eigenvalue weighted by Crippen LogP contribution is 2.38. The van der Waals surface area contributed by atoms with Crippen LogP contribution in [0.25, 0.3) is 0 Å². The van der Waals surface area contributed by atoms with Crippen LogP contribution in [0.15, 0.2) is 10.8 Å². The van der Waals surface area contributed by atoms with Crippen LogP contribution in [0, 0.1) is 11.8 Å². The van der Waals surface area contributed by atoms with E-state index < -0.39 is 43.0 Å². The summed E-state index contributed by atoms with van der Waals surface area (Å²) in [5, 5.41) is 8.91. The average molecular weight is 306 g/mol. The molecule has 2 rings (SSSR count). The molecule has 1 aromatic heterocycles. The standard InChI is InChI=1S/C12H13F3N2O4/c1-2-8-9(16-5-21-8)10(18)17-3-6(11(19)20)7(4-17)12(13,14)15/h5-7H,2-4H2,1H3,(H,19,20)/t6-,7-/m1/s1. The Morgan fingerprint density at radius 1 is 1.48 bits per heavy atom. The van der Waals surface area contributed by atoms with Crippen molar-refractivity contribution in [3.63, 3.8) is 0 Å². The number of carbonyl (C=O) groups is 2. The number of alkyl halides is 3. The second-order valence-electron chi connectivity index (χ2n) is 4.78. The number of rotatable bonds is 3. The molecule has 116 valence electrons. The molecule has 0 spiro atoms. The zero-order valence-corrected chi connectivity index (χ0v) is 11.1. The molecular weight excluding hydrogens is 293 g/mol. The Morgan fingerprint density at radius 3 is 2.62 bits per heavy atom. The molecule has 0 unspecified atom stereocenters. The number of aliphatic carboxylic acids is 1. The van der Waals surface area contributed by atoms with Crippen LogP contribution >= 0.6 is 0 Å². The number of carboxylic acid groups (broad SMARTS) is 1. The van der Waals surface area contributed by atoms with E-state index in [0.717, 1.165) is 11.3 Å². The number of carboxylic acids is 1. The fourth-order valence-electron chi connectivity index (χ4n) is 2.40. The van der Waals surface area contributed by atoms with Crippen molar-refractivity contribution in [2.24, 2.45) is 11.8 Å². The minimum Gasteiger partial charge on any atom is -0.481 e. The van der Waals surface area contributed by atoms with Gasteiger partial charge in [0.25, 0.3) is 5.91 Å². The molecule has 0 saturated carbocycles. The highest BCUT2D eigenvalue weighted by Gasteiger charge is 2.53. The number of hydrogen-bond donors (Lipinski definition) is 1. The largest absolute Gasteiger partial charge is 0.481 e. The Balaban J connectivity index is 2.23. The Labute approximate surface area is 117 Å². The summed E-state index contributed by atoms with van der Waals surface area (Å²) in [5.74, 6) is -5.77. The van der Waals surface area contributed by atoms with E-state index in [2.05, 4.69) is 4.98 Å². The van der Waals surface area contributed by atoms with E-state index >= 15 is 0 Å². The Bertz CT molecular complexity index is 555.